The summed E-state index contributed by atoms with van der Waals surface area (Å²) in [4.78, 5) is 11.8. The van der Waals surface area contributed by atoms with E-state index < -0.39 is 37.3 Å². The van der Waals surface area contributed by atoms with Gasteiger partial charge in [0, 0.05) is 6.92 Å². The fraction of sp³-hybridized carbons (Fsp3) is 0.409. The van der Waals surface area contributed by atoms with Gasteiger partial charge in [0.25, 0.3) is 0 Å². The van der Waals surface area contributed by atoms with Gasteiger partial charge in [0.15, 0.2) is 6.29 Å². The number of nitrogens with one attached hydrogen (secondary N) is 1. The molecule has 5 atom stereocenters. The van der Waals surface area contributed by atoms with E-state index in [1.807, 2.05) is 60.7 Å². The van der Waals surface area contributed by atoms with E-state index in [1.54, 1.807) is 0 Å². The number of hydrogen-bond acceptors (Lipinski definition) is 6. The highest BCUT2D eigenvalue weighted by molar-refractivity contribution is 5.73. The zero-order valence-corrected chi connectivity index (χ0v) is 16.3. The molecule has 7 heteroatoms. The van der Waals surface area contributed by atoms with Gasteiger partial charge in [-0.1, -0.05) is 60.7 Å². The smallest absolute Gasteiger partial charge is 0.217 e. The fourth-order valence-corrected chi connectivity index (χ4v) is 3.32. The molecule has 7 nitrogen and oxygen atoms in total. The van der Waals surface area contributed by atoms with Crippen LogP contribution in [0, 0.1) is 0 Å². The van der Waals surface area contributed by atoms with Gasteiger partial charge in [-0.2, -0.15) is 0 Å². The number of aliphatic hydroxyl groups is 2. The number of ether oxygens (including phenoxy) is 3. The molecule has 0 saturated carbocycles. The van der Waals surface area contributed by atoms with Gasteiger partial charge in [-0.25, -0.2) is 0 Å². The van der Waals surface area contributed by atoms with Crippen LogP contribution in [0.5, 0.6) is 0 Å². The molecule has 1 aliphatic heterocycles. The van der Waals surface area contributed by atoms with Crippen molar-refractivity contribution in [2.24, 2.45) is 0 Å². The van der Waals surface area contributed by atoms with Gasteiger partial charge in [0.05, 0.1) is 19.8 Å². The molecule has 2 aromatic rings. The fourth-order valence-electron chi connectivity index (χ4n) is 3.32. The topological polar surface area (TPSA) is 97.3 Å². The molecule has 2 aromatic carbocycles. The van der Waals surface area contributed by atoms with Crippen LogP contribution in [0.15, 0.2) is 60.7 Å². The Morgan fingerprint density at radius 3 is 2.07 bits per heavy atom. The summed E-state index contributed by atoms with van der Waals surface area (Å²) in [6.07, 6.45) is -3.72. The van der Waals surface area contributed by atoms with E-state index in [-0.39, 0.29) is 19.1 Å². The van der Waals surface area contributed by atoms with Gasteiger partial charge in [0.2, 0.25) is 5.91 Å². The highest BCUT2D eigenvalue weighted by Crippen LogP contribution is 2.26. The Bertz CT molecular complexity index is 756. The van der Waals surface area contributed by atoms with Gasteiger partial charge < -0.3 is 29.7 Å². The van der Waals surface area contributed by atoms with E-state index >= 15 is 0 Å². The van der Waals surface area contributed by atoms with E-state index in [9.17, 15) is 15.0 Å². The van der Waals surface area contributed by atoms with E-state index in [1.165, 1.54) is 6.92 Å². The van der Waals surface area contributed by atoms with Gasteiger partial charge in [-0.05, 0) is 11.1 Å². The Kier molecular flexibility index (Phi) is 7.74. The van der Waals surface area contributed by atoms with E-state index in [4.69, 9.17) is 14.2 Å². The maximum absolute atomic E-state index is 11.8. The van der Waals surface area contributed by atoms with Crippen molar-refractivity contribution in [2.45, 2.75) is 50.8 Å². The van der Waals surface area contributed by atoms with Gasteiger partial charge in [-0.3, -0.25) is 4.79 Å². The van der Waals surface area contributed by atoms with Crippen LogP contribution in [0.1, 0.15) is 18.1 Å². The second-order valence-corrected chi connectivity index (χ2v) is 7.00. The summed E-state index contributed by atoms with van der Waals surface area (Å²) >= 11 is 0. The van der Waals surface area contributed by atoms with Crippen LogP contribution in [-0.4, -0.2) is 53.4 Å². The van der Waals surface area contributed by atoms with Gasteiger partial charge >= 0.3 is 0 Å². The minimum atomic E-state index is -1.13. The van der Waals surface area contributed by atoms with Crippen molar-refractivity contribution in [1.29, 1.82) is 0 Å². The van der Waals surface area contributed by atoms with Crippen LogP contribution < -0.4 is 5.32 Å². The Morgan fingerprint density at radius 2 is 1.55 bits per heavy atom. The number of hydrogen-bond donors (Lipinski definition) is 3. The number of aliphatic hydroxyl groups excluding tert-OH is 2. The number of carbonyl (C=O) groups excluding carboxylic acids is 1. The van der Waals surface area contributed by atoms with E-state index in [2.05, 4.69) is 5.32 Å². The minimum absolute atomic E-state index is 0.238. The first-order valence-corrected chi connectivity index (χ1v) is 9.61. The third kappa shape index (κ3) is 5.85. The molecule has 29 heavy (non-hydrogen) atoms. The van der Waals surface area contributed by atoms with Crippen LogP contribution in [0.2, 0.25) is 0 Å². The maximum atomic E-state index is 11.8. The van der Waals surface area contributed by atoms with Crippen molar-refractivity contribution >= 4 is 5.91 Å². The lowest BCUT2D eigenvalue weighted by Crippen LogP contribution is -2.65. The second-order valence-electron chi connectivity index (χ2n) is 7.00. The Morgan fingerprint density at radius 1 is 1.00 bits per heavy atom. The Balaban J connectivity index is 1.76. The molecule has 1 aliphatic rings. The first-order valence-electron chi connectivity index (χ1n) is 9.61. The molecular weight excluding hydrogens is 374 g/mol. The molecule has 0 unspecified atom stereocenters. The number of rotatable bonds is 8. The van der Waals surface area contributed by atoms with E-state index in [0.29, 0.717) is 0 Å². The summed E-state index contributed by atoms with van der Waals surface area (Å²) in [5.41, 5.74) is 1.86. The van der Waals surface area contributed by atoms with Crippen molar-refractivity contribution in [1.82, 2.24) is 5.32 Å². The molecule has 1 amide bonds. The molecule has 0 aliphatic carbocycles. The first kappa shape index (κ1) is 21.4. The number of carbonyl (C=O) groups is 1. The lowest BCUT2D eigenvalue weighted by molar-refractivity contribution is -0.281. The summed E-state index contributed by atoms with van der Waals surface area (Å²) in [7, 11) is 0. The summed E-state index contributed by atoms with van der Waals surface area (Å²) in [6.45, 7) is 1.47. The molecule has 1 heterocycles. The first-order chi connectivity index (χ1) is 14.1. The number of amides is 1. The highest BCUT2D eigenvalue weighted by atomic mass is 16.7. The second kappa shape index (κ2) is 10.5. The molecule has 0 radical (unpaired) electrons. The van der Waals surface area contributed by atoms with Crippen molar-refractivity contribution in [3.8, 4) is 0 Å². The monoisotopic (exact) mass is 401 g/mol. The van der Waals surface area contributed by atoms with Crippen LogP contribution in [0.25, 0.3) is 0 Å². The molecule has 0 aromatic heterocycles. The lowest BCUT2D eigenvalue weighted by Gasteiger charge is -2.44. The van der Waals surface area contributed by atoms with Gasteiger partial charge in [-0.15, -0.1) is 0 Å². The third-order valence-corrected chi connectivity index (χ3v) is 4.77. The van der Waals surface area contributed by atoms with Crippen LogP contribution >= 0.6 is 0 Å². The zero-order chi connectivity index (χ0) is 20.6. The third-order valence-electron chi connectivity index (χ3n) is 4.77. The average Bonchev–Trinajstić information content (AvgIpc) is 2.74. The summed E-state index contributed by atoms with van der Waals surface area (Å²) < 4.78 is 17.6. The van der Waals surface area contributed by atoms with Crippen molar-refractivity contribution in [2.75, 3.05) is 6.61 Å². The maximum Gasteiger partial charge on any atom is 0.217 e. The van der Waals surface area contributed by atoms with Crippen LogP contribution in [0.3, 0.4) is 0 Å². The SMILES string of the molecule is CC(=O)N[C@@H]1[C@@H](OCc2ccccc2)O[C@@H](CO)[C@@H](O)[C@H]1OCc1ccccc1. The molecule has 0 spiro atoms. The van der Waals surface area contributed by atoms with Crippen molar-refractivity contribution in [3.63, 3.8) is 0 Å². The normalized spacial score (nSPS) is 26.8. The van der Waals surface area contributed by atoms with Gasteiger partial charge in [0.1, 0.15) is 24.4 Å². The van der Waals surface area contributed by atoms with Crippen LogP contribution in [0.4, 0.5) is 0 Å². The lowest BCUT2D eigenvalue weighted by atomic mass is 9.96. The molecule has 3 N–H and O–H groups in total. The minimum Gasteiger partial charge on any atom is -0.394 e. The van der Waals surface area contributed by atoms with E-state index in [0.717, 1.165) is 11.1 Å². The summed E-state index contributed by atoms with van der Waals surface area (Å²) in [5.74, 6) is -0.296. The predicted molar refractivity (Wildman–Crippen MR) is 106 cm³/mol. The number of benzene rings is 2. The molecule has 1 fully saturated rings. The molecular formula is C22H27NO6. The predicted octanol–water partition coefficient (Wildman–Crippen LogP) is 1.37. The summed E-state index contributed by atoms with van der Waals surface area (Å²) in [5, 5.41) is 23.1. The van der Waals surface area contributed by atoms with Crippen molar-refractivity contribution in [3.05, 3.63) is 71.8 Å². The highest BCUT2D eigenvalue weighted by Gasteiger charge is 2.46. The Labute approximate surface area is 170 Å². The largest absolute Gasteiger partial charge is 0.394 e. The molecule has 156 valence electrons. The molecule has 3 rings (SSSR count). The van der Waals surface area contributed by atoms with Crippen molar-refractivity contribution < 1.29 is 29.2 Å². The Hall–Kier alpha value is -2.29. The quantitative estimate of drug-likeness (QED) is 0.618. The average molecular weight is 401 g/mol. The molecule has 0 bridgehead atoms. The van der Waals surface area contributed by atoms with Crippen LogP contribution in [-0.2, 0) is 32.2 Å². The summed E-state index contributed by atoms with van der Waals surface area (Å²) in [6, 6.07) is 18.3. The standard InChI is InChI=1S/C22H27NO6/c1-15(25)23-19-21(27-13-16-8-4-2-5-9-16)20(26)18(12-24)29-22(19)28-14-17-10-6-3-7-11-17/h2-11,18-22,24,26H,12-14H2,1H3,(H,23,25)/t18-,19-,20+,21-,22-/m0/s1. The zero-order valence-electron chi connectivity index (χ0n) is 16.3. The molecule has 1 saturated heterocycles.